The zero-order valence-corrected chi connectivity index (χ0v) is 15.5. The largest absolute Gasteiger partial charge is 0.357 e. The lowest BCUT2D eigenvalue weighted by Gasteiger charge is -2.37. The van der Waals surface area contributed by atoms with Crippen LogP contribution in [-0.2, 0) is 0 Å². The smallest absolute Gasteiger partial charge is 0.194 e. The highest BCUT2D eigenvalue weighted by Crippen LogP contribution is 2.20. The maximum absolute atomic E-state index is 4.89. The van der Waals surface area contributed by atoms with Crippen LogP contribution in [0.1, 0.15) is 39.0 Å². The van der Waals surface area contributed by atoms with Gasteiger partial charge in [0.15, 0.2) is 5.96 Å². The van der Waals surface area contributed by atoms with Gasteiger partial charge >= 0.3 is 0 Å². The second-order valence-electron chi connectivity index (χ2n) is 6.76. The van der Waals surface area contributed by atoms with Gasteiger partial charge in [0.25, 0.3) is 0 Å². The summed E-state index contributed by atoms with van der Waals surface area (Å²) in [5, 5.41) is 3.47. The van der Waals surface area contributed by atoms with Crippen molar-refractivity contribution in [3.8, 4) is 0 Å². The molecular formula is C20H31N5. The molecule has 5 nitrogen and oxygen atoms in total. The summed E-state index contributed by atoms with van der Waals surface area (Å²) in [6.45, 7) is 7.93. The molecule has 2 heterocycles. The SMILES string of the molecule is CCNC(=NCCC1=CCCCC1)N1CCN(c2ccccn2)CC1. The first-order valence-electron chi connectivity index (χ1n) is 9.74. The van der Waals surface area contributed by atoms with Crippen LogP contribution in [-0.4, -0.2) is 55.1 Å². The van der Waals surface area contributed by atoms with E-state index in [-0.39, 0.29) is 0 Å². The molecule has 0 unspecified atom stereocenters. The average molecular weight is 342 g/mol. The Bertz CT molecular complexity index is 573. The van der Waals surface area contributed by atoms with Crippen molar-refractivity contribution in [3.63, 3.8) is 0 Å². The quantitative estimate of drug-likeness (QED) is 0.508. The normalized spacial score (nSPS) is 18.9. The standard InChI is InChI=1S/C20H31N5/c1-2-21-20(23-13-11-18-8-4-3-5-9-18)25-16-14-24(15-17-25)19-10-6-7-12-22-19/h6-8,10,12H,2-5,9,11,13-17H2,1H3,(H,21,23). The number of piperazine rings is 1. The van der Waals surface area contributed by atoms with E-state index >= 15 is 0 Å². The number of aliphatic imine (C=N–C) groups is 1. The molecule has 1 saturated heterocycles. The minimum absolute atomic E-state index is 0.897. The third kappa shape index (κ3) is 5.21. The van der Waals surface area contributed by atoms with Gasteiger partial charge in [-0.3, -0.25) is 4.99 Å². The van der Waals surface area contributed by atoms with E-state index in [1.165, 1.54) is 25.7 Å². The first kappa shape index (κ1) is 17.8. The fourth-order valence-corrected chi connectivity index (χ4v) is 3.55. The van der Waals surface area contributed by atoms with E-state index in [9.17, 15) is 0 Å². The van der Waals surface area contributed by atoms with Crippen molar-refractivity contribution in [2.45, 2.75) is 39.0 Å². The summed E-state index contributed by atoms with van der Waals surface area (Å²) in [7, 11) is 0. The van der Waals surface area contributed by atoms with Crippen molar-refractivity contribution in [1.29, 1.82) is 0 Å². The lowest BCUT2D eigenvalue weighted by atomic mass is 9.97. The van der Waals surface area contributed by atoms with Crippen molar-refractivity contribution in [1.82, 2.24) is 15.2 Å². The second kappa shape index (κ2) is 9.44. The first-order valence-corrected chi connectivity index (χ1v) is 9.74. The van der Waals surface area contributed by atoms with Gasteiger partial charge in [-0.25, -0.2) is 4.98 Å². The lowest BCUT2D eigenvalue weighted by Crippen LogP contribution is -2.52. The Hall–Kier alpha value is -2.04. The van der Waals surface area contributed by atoms with Crippen LogP contribution in [0.4, 0.5) is 5.82 Å². The minimum atomic E-state index is 0.897. The molecule has 1 aromatic rings. The summed E-state index contributed by atoms with van der Waals surface area (Å²) in [6.07, 6.45) is 10.7. The van der Waals surface area contributed by atoms with E-state index in [2.05, 4.69) is 45.2 Å². The van der Waals surface area contributed by atoms with E-state index in [4.69, 9.17) is 4.99 Å². The third-order valence-electron chi connectivity index (χ3n) is 4.97. The summed E-state index contributed by atoms with van der Waals surface area (Å²) >= 11 is 0. The Morgan fingerprint density at radius 2 is 2.08 bits per heavy atom. The van der Waals surface area contributed by atoms with Gasteiger partial charge in [-0.1, -0.05) is 17.7 Å². The van der Waals surface area contributed by atoms with Gasteiger partial charge in [0.05, 0.1) is 0 Å². The molecule has 136 valence electrons. The molecule has 5 heteroatoms. The number of anilines is 1. The maximum Gasteiger partial charge on any atom is 0.194 e. The zero-order valence-electron chi connectivity index (χ0n) is 15.5. The topological polar surface area (TPSA) is 43.8 Å². The Morgan fingerprint density at radius 3 is 2.76 bits per heavy atom. The highest BCUT2D eigenvalue weighted by atomic mass is 15.4. The van der Waals surface area contributed by atoms with Gasteiger partial charge in [-0.2, -0.15) is 0 Å². The fourth-order valence-electron chi connectivity index (χ4n) is 3.55. The summed E-state index contributed by atoms with van der Waals surface area (Å²) in [5.41, 5.74) is 1.60. The van der Waals surface area contributed by atoms with Crippen molar-refractivity contribution < 1.29 is 0 Å². The molecule has 0 saturated carbocycles. The predicted octanol–water partition coefficient (Wildman–Crippen LogP) is 3.06. The second-order valence-corrected chi connectivity index (χ2v) is 6.76. The van der Waals surface area contributed by atoms with E-state index < -0.39 is 0 Å². The Morgan fingerprint density at radius 1 is 1.20 bits per heavy atom. The number of aromatic nitrogens is 1. The number of nitrogens with zero attached hydrogens (tertiary/aromatic N) is 4. The van der Waals surface area contributed by atoms with Crippen molar-refractivity contribution in [2.24, 2.45) is 4.99 Å². The molecule has 3 rings (SSSR count). The molecule has 1 aromatic heterocycles. The van der Waals surface area contributed by atoms with Crippen LogP contribution < -0.4 is 10.2 Å². The van der Waals surface area contributed by atoms with E-state index in [1.54, 1.807) is 5.57 Å². The Kier molecular flexibility index (Phi) is 6.71. The summed E-state index contributed by atoms with van der Waals surface area (Å²) < 4.78 is 0. The third-order valence-corrected chi connectivity index (χ3v) is 4.97. The Labute approximate surface area is 151 Å². The number of rotatable bonds is 5. The van der Waals surface area contributed by atoms with Gasteiger partial charge in [-0.15, -0.1) is 0 Å². The molecule has 1 aliphatic carbocycles. The van der Waals surface area contributed by atoms with E-state index in [1.807, 2.05) is 12.3 Å². The molecule has 1 aliphatic heterocycles. The lowest BCUT2D eigenvalue weighted by molar-refractivity contribution is 0.371. The fraction of sp³-hybridized carbons (Fsp3) is 0.600. The average Bonchev–Trinajstić information content (AvgIpc) is 2.69. The summed E-state index contributed by atoms with van der Waals surface area (Å²) in [4.78, 5) is 14.1. The first-order chi connectivity index (χ1) is 12.4. The maximum atomic E-state index is 4.89. The number of hydrogen-bond donors (Lipinski definition) is 1. The van der Waals surface area contributed by atoms with Crippen LogP contribution in [0.2, 0.25) is 0 Å². The van der Waals surface area contributed by atoms with Gasteiger partial charge in [0.2, 0.25) is 0 Å². The molecule has 1 fully saturated rings. The predicted molar refractivity (Wildman–Crippen MR) is 105 cm³/mol. The van der Waals surface area contributed by atoms with Crippen LogP contribution >= 0.6 is 0 Å². The number of nitrogens with one attached hydrogen (secondary N) is 1. The van der Waals surface area contributed by atoms with Crippen LogP contribution in [0.3, 0.4) is 0 Å². The van der Waals surface area contributed by atoms with Crippen LogP contribution in [0.5, 0.6) is 0 Å². The van der Waals surface area contributed by atoms with E-state index in [0.29, 0.717) is 0 Å². The summed E-state index contributed by atoms with van der Waals surface area (Å²) in [5.74, 6) is 2.15. The number of hydrogen-bond acceptors (Lipinski definition) is 3. The molecule has 0 radical (unpaired) electrons. The van der Waals surface area contributed by atoms with Gasteiger partial charge in [0.1, 0.15) is 5.82 Å². The molecule has 0 aromatic carbocycles. The Balaban J connectivity index is 1.52. The highest BCUT2D eigenvalue weighted by molar-refractivity contribution is 5.80. The van der Waals surface area contributed by atoms with Crippen molar-refractivity contribution in [3.05, 3.63) is 36.0 Å². The highest BCUT2D eigenvalue weighted by Gasteiger charge is 2.20. The van der Waals surface area contributed by atoms with Gasteiger partial charge in [-0.05, 0) is 51.2 Å². The molecule has 2 aliphatic rings. The molecular weight excluding hydrogens is 310 g/mol. The summed E-state index contributed by atoms with van der Waals surface area (Å²) in [6, 6.07) is 6.12. The van der Waals surface area contributed by atoms with Crippen molar-refractivity contribution >= 4 is 11.8 Å². The molecule has 0 amide bonds. The molecule has 1 N–H and O–H groups in total. The van der Waals surface area contributed by atoms with Crippen LogP contribution in [0.25, 0.3) is 0 Å². The number of pyridine rings is 1. The minimum Gasteiger partial charge on any atom is -0.357 e. The number of allylic oxidation sites excluding steroid dienone is 1. The monoisotopic (exact) mass is 341 g/mol. The van der Waals surface area contributed by atoms with Crippen LogP contribution in [0.15, 0.2) is 41.0 Å². The zero-order chi connectivity index (χ0) is 17.3. The molecule has 0 spiro atoms. The van der Waals surface area contributed by atoms with E-state index in [0.717, 1.165) is 57.5 Å². The number of guanidine groups is 1. The van der Waals surface area contributed by atoms with Crippen LogP contribution in [0, 0.1) is 0 Å². The van der Waals surface area contributed by atoms with Gasteiger partial charge in [0, 0.05) is 45.5 Å². The van der Waals surface area contributed by atoms with Crippen molar-refractivity contribution in [2.75, 3.05) is 44.2 Å². The molecule has 0 atom stereocenters. The molecule has 0 bridgehead atoms. The van der Waals surface area contributed by atoms with Gasteiger partial charge < -0.3 is 15.1 Å². The molecule has 25 heavy (non-hydrogen) atoms.